The highest BCUT2D eigenvalue weighted by molar-refractivity contribution is 9.10. The lowest BCUT2D eigenvalue weighted by Gasteiger charge is -2.22. The molecule has 2 aromatic carbocycles. The number of rotatable bonds is 5. The molecule has 21 heavy (non-hydrogen) atoms. The zero-order chi connectivity index (χ0) is 15.4. The van der Waals surface area contributed by atoms with Crippen LogP contribution in [0.2, 0.25) is 0 Å². The second kappa shape index (κ2) is 7.14. The van der Waals surface area contributed by atoms with E-state index in [1.165, 1.54) is 12.1 Å². The summed E-state index contributed by atoms with van der Waals surface area (Å²) in [6, 6.07) is 9.87. The SMILES string of the molecule is CCCNC(c1ccccc1C)c1cc(F)c(Br)cc1F. The summed E-state index contributed by atoms with van der Waals surface area (Å²) in [6.07, 6.45) is 0.920. The molecular formula is C17H18BrF2N. The van der Waals surface area contributed by atoms with Gasteiger partial charge >= 0.3 is 0 Å². The van der Waals surface area contributed by atoms with Gasteiger partial charge in [-0.2, -0.15) is 0 Å². The van der Waals surface area contributed by atoms with Crippen LogP contribution in [-0.2, 0) is 0 Å². The molecule has 1 nitrogen and oxygen atoms in total. The maximum absolute atomic E-state index is 14.3. The molecule has 1 unspecified atom stereocenters. The van der Waals surface area contributed by atoms with Gasteiger partial charge in [-0.05, 0) is 59.1 Å². The third-order valence-corrected chi connectivity index (χ3v) is 4.06. The van der Waals surface area contributed by atoms with Gasteiger partial charge in [-0.3, -0.25) is 0 Å². The Morgan fingerprint density at radius 3 is 2.48 bits per heavy atom. The Hall–Kier alpha value is -1.26. The van der Waals surface area contributed by atoms with Crippen LogP contribution in [0, 0.1) is 18.6 Å². The molecule has 2 aromatic rings. The normalized spacial score (nSPS) is 12.4. The van der Waals surface area contributed by atoms with Crippen molar-refractivity contribution in [2.45, 2.75) is 26.3 Å². The van der Waals surface area contributed by atoms with E-state index in [1.54, 1.807) is 0 Å². The Kier molecular flexibility index (Phi) is 5.48. The number of nitrogens with one attached hydrogen (secondary N) is 1. The highest BCUT2D eigenvalue weighted by Crippen LogP contribution is 2.30. The molecule has 0 aliphatic rings. The Bertz CT molecular complexity index is 628. The Balaban J connectivity index is 2.51. The highest BCUT2D eigenvalue weighted by atomic mass is 79.9. The molecule has 0 aliphatic carbocycles. The van der Waals surface area contributed by atoms with E-state index >= 15 is 0 Å². The third kappa shape index (κ3) is 3.69. The first-order valence-electron chi connectivity index (χ1n) is 6.98. The predicted octanol–water partition coefficient (Wildman–Crippen LogP) is 5.12. The van der Waals surface area contributed by atoms with Gasteiger partial charge in [0, 0.05) is 5.56 Å². The molecular weight excluding hydrogens is 336 g/mol. The van der Waals surface area contributed by atoms with Crippen molar-refractivity contribution in [2.75, 3.05) is 6.54 Å². The number of hydrogen-bond donors (Lipinski definition) is 1. The fourth-order valence-corrected chi connectivity index (χ4v) is 2.66. The van der Waals surface area contributed by atoms with Crippen LogP contribution in [0.4, 0.5) is 8.78 Å². The molecule has 0 aliphatic heterocycles. The molecule has 0 radical (unpaired) electrons. The van der Waals surface area contributed by atoms with Gasteiger partial charge in [0.15, 0.2) is 0 Å². The largest absolute Gasteiger partial charge is 0.306 e. The number of halogens is 3. The zero-order valence-corrected chi connectivity index (χ0v) is 13.7. The lowest BCUT2D eigenvalue weighted by molar-refractivity contribution is 0.532. The minimum absolute atomic E-state index is 0.141. The molecule has 0 aromatic heterocycles. The van der Waals surface area contributed by atoms with Crippen LogP contribution in [0.1, 0.15) is 36.1 Å². The average Bonchev–Trinajstić information content (AvgIpc) is 2.46. The first-order chi connectivity index (χ1) is 10.0. The van der Waals surface area contributed by atoms with Gasteiger partial charge in [0.2, 0.25) is 0 Å². The molecule has 2 rings (SSSR count). The topological polar surface area (TPSA) is 12.0 Å². The van der Waals surface area contributed by atoms with E-state index in [0.717, 1.165) is 24.1 Å². The summed E-state index contributed by atoms with van der Waals surface area (Å²) in [5.74, 6) is -0.872. The van der Waals surface area contributed by atoms with Crippen LogP contribution in [0.25, 0.3) is 0 Å². The van der Waals surface area contributed by atoms with E-state index in [9.17, 15) is 8.78 Å². The standard InChI is InChI=1S/C17H18BrF2N/c1-3-8-21-17(12-7-5-4-6-11(12)2)13-9-16(20)14(18)10-15(13)19/h4-7,9-10,17,21H,3,8H2,1-2H3. The lowest BCUT2D eigenvalue weighted by atomic mass is 9.94. The van der Waals surface area contributed by atoms with Gasteiger partial charge in [0.25, 0.3) is 0 Å². The minimum Gasteiger partial charge on any atom is -0.306 e. The van der Waals surface area contributed by atoms with Crippen LogP contribution in [0.3, 0.4) is 0 Å². The summed E-state index contributed by atoms with van der Waals surface area (Å²) in [5.41, 5.74) is 2.35. The summed E-state index contributed by atoms with van der Waals surface area (Å²) in [4.78, 5) is 0. The molecule has 0 spiro atoms. The summed E-state index contributed by atoms with van der Waals surface area (Å²) in [7, 11) is 0. The number of aryl methyl sites for hydroxylation is 1. The van der Waals surface area contributed by atoms with Gasteiger partial charge in [-0.25, -0.2) is 8.78 Å². The van der Waals surface area contributed by atoms with Crippen molar-refractivity contribution in [1.29, 1.82) is 0 Å². The van der Waals surface area contributed by atoms with Gasteiger partial charge in [0.1, 0.15) is 11.6 Å². The summed E-state index contributed by atoms with van der Waals surface area (Å²) >= 11 is 3.02. The van der Waals surface area contributed by atoms with Crippen molar-refractivity contribution >= 4 is 15.9 Å². The van der Waals surface area contributed by atoms with Crippen molar-refractivity contribution in [1.82, 2.24) is 5.32 Å². The lowest BCUT2D eigenvalue weighted by Crippen LogP contribution is -2.25. The Morgan fingerprint density at radius 1 is 1.10 bits per heavy atom. The van der Waals surface area contributed by atoms with Crippen LogP contribution < -0.4 is 5.32 Å². The van der Waals surface area contributed by atoms with E-state index in [0.29, 0.717) is 5.56 Å². The predicted molar refractivity (Wildman–Crippen MR) is 85.4 cm³/mol. The van der Waals surface area contributed by atoms with E-state index in [-0.39, 0.29) is 10.5 Å². The second-order valence-electron chi connectivity index (χ2n) is 5.03. The molecule has 0 fully saturated rings. The van der Waals surface area contributed by atoms with Crippen molar-refractivity contribution in [3.05, 3.63) is 69.2 Å². The average molecular weight is 354 g/mol. The first-order valence-corrected chi connectivity index (χ1v) is 7.77. The summed E-state index contributed by atoms with van der Waals surface area (Å²) in [5, 5.41) is 3.31. The van der Waals surface area contributed by atoms with Crippen LogP contribution in [-0.4, -0.2) is 6.54 Å². The van der Waals surface area contributed by atoms with E-state index in [4.69, 9.17) is 0 Å². The molecule has 0 heterocycles. The smallest absolute Gasteiger partial charge is 0.137 e. The maximum atomic E-state index is 14.3. The molecule has 112 valence electrons. The van der Waals surface area contributed by atoms with Crippen LogP contribution >= 0.6 is 15.9 Å². The number of hydrogen-bond acceptors (Lipinski definition) is 1. The van der Waals surface area contributed by atoms with Gasteiger partial charge in [-0.15, -0.1) is 0 Å². The van der Waals surface area contributed by atoms with Crippen molar-refractivity contribution < 1.29 is 8.78 Å². The van der Waals surface area contributed by atoms with Crippen molar-refractivity contribution in [2.24, 2.45) is 0 Å². The van der Waals surface area contributed by atoms with E-state index in [2.05, 4.69) is 21.2 Å². The quantitative estimate of drug-likeness (QED) is 0.735. The van der Waals surface area contributed by atoms with E-state index < -0.39 is 11.6 Å². The van der Waals surface area contributed by atoms with Crippen molar-refractivity contribution in [3.63, 3.8) is 0 Å². The highest BCUT2D eigenvalue weighted by Gasteiger charge is 2.20. The second-order valence-corrected chi connectivity index (χ2v) is 5.89. The zero-order valence-electron chi connectivity index (χ0n) is 12.1. The summed E-state index contributed by atoms with van der Waals surface area (Å²) in [6.45, 7) is 4.75. The molecule has 1 atom stereocenters. The maximum Gasteiger partial charge on any atom is 0.137 e. The summed E-state index contributed by atoms with van der Waals surface area (Å²) < 4.78 is 28.2. The van der Waals surface area contributed by atoms with Crippen LogP contribution in [0.5, 0.6) is 0 Å². The molecule has 4 heteroatoms. The molecule has 0 bridgehead atoms. The Labute approximate surface area is 132 Å². The fourth-order valence-electron chi connectivity index (χ4n) is 2.35. The molecule has 0 saturated heterocycles. The monoisotopic (exact) mass is 353 g/mol. The first kappa shape index (κ1) is 16.1. The molecule has 0 amide bonds. The molecule has 1 N–H and O–H groups in total. The fraction of sp³-hybridized carbons (Fsp3) is 0.294. The van der Waals surface area contributed by atoms with Crippen LogP contribution in [0.15, 0.2) is 40.9 Å². The van der Waals surface area contributed by atoms with Gasteiger partial charge in [0.05, 0.1) is 10.5 Å². The van der Waals surface area contributed by atoms with Gasteiger partial charge < -0.3 is 5.32 Å². The number of benzene rings is 2. The molecule has 0 saturated carbocycles. The Morgan fingerprint density at radius 2 is 1.81 bits per heavy atom. The van der Waals surface area contributed by atoms with Gasteiger partial charge in [-0.1, -0.05) is 31.2 Å². The van der Waals surface area contributed by atoms with Crippen molar-refractivity contribution in [3.8, 4) is 0 Å². The van der Waals surface area contributed by atoms with E-state index in [1.807, 2.05) is 38.1 Å². The third-order valence-electron chi connectivity index (χ3n) is 3.45. The minimum atomic E-state index is -0.455.